The Balaban J connectivity index is 1.27. The highest BCUT2D eigenvalue weighted by molar-refractivity contribution is 8.00. The summed E-state index contributed by atoms with van der Waals surface area (Å²) in [6.07, 6.45) is 1.55. The minimum absolute atomic E-state index is 0.0212. The van der Waals surface area contributed by atoms with Crippen LogP contribution in [0.5, 0.6) is 23.0 Å². The lowest BCUT2D eigenvalue weighted by Crippen LogP contribution is -2.30. The van der Waals surface area contributed by atoms with Crippen molar-refractivity contribution < 1.29 is 33.3 Å². The molecule has 4 aromatic carbocycles. The number of anilines is 2. The standard InChI is InChI=1S/C34H31N3O7S/c1-41-28-13-11-22(18-30(28)42-2)17-27(37-33(39)23-7-4-3-5-8-23)34(40)36-24-9-6-10-26(19-24)45-21-32(38)35-25-12-14-29-31(20-25)44-16-15-43-29/h3-14,17-20H,15-16,21H2,1-2H3,(H,35,38)(H,36,40)(H,37,39)/b27-17+. The monoisotopic (exact) mass is 625 g/mol. The molecule has 0 aliphatic carbocycles. The number of methoxy groups -OCH3 is 2. The maximum Gasteiger partial charge on any atom is 0.272 e. The molecule has 0 spiro atoms. The van der Waals surface area contributed by atoms with Crippen LogP contribution in [0.4, 0.5) is 11.4 Å². The van der Waals surface area contributed by atoms with E-state index in [1.54, 1.807) is 91.0 Å². The number of thioether (sulfide) groups is 1. The third-order valence-corrected chi connectivity index (χ3v) is 7.53. The summed E-state index contributed by atoms with van der Waals surface area (Å²) in [7, 11) is 3.05. The first-order chi connectivity index (χ1) is 21.9. The smallest absolute Gasteiger partial charge is 0.272 e. The Morgan fingerprint density at radius 1 is 0.778 bits per heavy atom. The zero-order chi connectivity index (χ0) is 31.6. The predicted molar refractivity (Wildman–Crippen MR) is 173 cm³/mol. The molecule has 1 aliphatic rings. The van der Waals surface area contributed by atoms with E-state index in [0.717, 1.165) is 4.90 Å². The number of amides is 3. The van der Waals surface area contributed by atoms with Crippen LogP contribution < -0.4 is 34.9 Å². The van der Waals surface area contributed by atoms with Gasteiger partial charge in [-0.15, -0.1) is 11.8 Å². The molecule has 0 saturated heterocycles. The average molecular weight is 626 g/mol. The summed E-state index contributed by atoms with van der Waals surface area (Å²) in [5.41, 5.74) is 2.13. The Bertz CT molecular complexity index is 1730. The van der Waals surface area contributed by atoms with Crippen molar-refractivity contribution in [1.29, 1.82) is 0 Å². The molecule has 1 heterocycles. The van der Waals surface area contributed by atoms with Gasteiger partial charge >= 0.3 is 0 Å². The minimum atomic E-state index is -0.535. The van der Waals surface area contributed by atoms with E-state index in [0.29, 0.717) is 58.7 Å². The molecule has 1 aliphatic heterocycles. The van der Waals surface area contributed by atoms with Crippen LogP contribution in [0.1, 0.15) is 15.9 Å². The molecule has 3 amide bonds. The van der Waals surface area contributed by atoms with Crippen LogP contribution >= 0.6 is 11.8 Å². The molecular weight excluding hydrogens is 594 g/mol. The van der Waals surface area contributed by atoms with Crippen molar-refractivity contribution in [2.45, 2.75) is 4.90 Å². The van der Waals surface area contributed by atoms with Crippen LogP contribution in [0.25, 0.3) is 6.08 Å². The van der Waals surface area contributed by atoms with Crippen LogP contribution in [0.15, 0.2) is 102 Å². The van der Waals surface area contributed by atoms with Crippen LogP contribution in [0.3, 0.4) is 0 Å². The lowest BCUT2D eigenvalue weighted by atomic mass is 10.1. The van der Waals surface area contributed by atoms with Gasteiger partial charge in [0.2, 0.25) is 5.91 Å². The van der Waals surface area contributed by atoms with Gasteiger partial charge in [-0.25, -0.2) is 0 Å². The van der Waals surface area contributed by atoms with Gasteiger partial charge in [-0.3, -0.25) is 14.4 Å². The van der Waals surface area contributed by atoms with Crippen LogP contribution in [-0.2, 0) is 9.59 Å². The van der Waals surface area contributed by atoms with E-state index in [4.69, 9.17) is 18.9 Å². The summed E-state index contributed by atoms with van der Waals surface area (Å²) < 4.78 is 21.8. The van der Waals surface area contributed by atoms with E-state index < -0.39 is 11.8 Å². The highest BCUT2D eigenvalue weighted by Gasteiger charge is 2.17. The Morgan fingerprint density at radius 2 is 1.53 bits per heavy atom. The topological polar surface area (TPSA) is 124 Å². The van der Waals surface area contributed by atoms with Crippen molar-refractivity contribution in [3.05, 3.63) is 108 Å². The van der Waals surface area contributed by atoms with E-state index >= 15 is 0 Å². The second-order valence-electron chi connectivity index (χ2n) is 9.67. The first-order valence-corrected chi connectivity index (χ1v) is 14.9. The third kappa shape index (κ3) is 8.36. The quantitative estimate of drug-likeness (QED) is 0.145. The van der Waals surface area contributed by atoms with E-state index in [1.165, 1.54) is 26.0 Å². The third-order valence-electron chi connectivity index (χ3n) is 6.54. The number of hydrogen-bond acceptors (Lipinski definition) is 8. The number of fused-ring (bicyclic) bond motifs is 1. The zero-order valence-electron chi connectivity index (χ0n) is 24.6. The summed E-state index contributed by atoms with van der Waals surface area (Å²) in [4.78, 5) is 39.9. The van der Waals surface area contributed by atoms with Gasteiger partial charge in [0.1, 0.15) is 18.9 Å². The minimum Gasteiger partial charge on any atom is -0.493 e. The fourth-order valence-corrected chi connectivity index (χ4v) is 5.14. The van der Waals surface area contributed by atoms with Gasteiger partial charge in [0.25, 0.3) is 11.8 Å². The van der Waals surface area contributed by atoms with E-state index in [1.807, 2.05) is 6.07 Å². The molecule has 0 aromatic heterocycles. The first kappa shape index (κ1) is 31.0. The fraction of sp³-hybridized carbons (Fsp3) is 0.147. The second kappa shape index (κ2) is 14.8. The Hall–Kier alpha value is -5.42. The molecule has 10 nitrogen and oxygen atoms in total. The number of carbonyl (C=O) groups is 3. The van der Waals surface area contributed by atoms with Crippen molar-refractivity contribution in [3.8, 4) is 23.0 Å². The van der Waals surface area contributed by atoms with Gasteiger partial charge in [-0.05, 0) is 66.2 Å². The van der Waals surface area contributed by atoms with Gasteiger partial charge in [-0.1, -0.05) is 30.3 Å². The SMILES string of the molecule is COc1ccc(/C=C(/NC(=O)c2ccccc2)C(=O)Nc2cccc(SCC(=O)Nc3ccc4c(c3)OCCO4)c2)cc1OC. The molecule has 0 unspecified atom stereocenters. The van der Waals surface area contributed by atoms with Crippen LogP contribution in [0.2, 0.25) is 0 Å². The first-order valence-electron chi connectivity index (χ1n) is 14.0. The molecule has 0 bridgehead atoms. The molecule has 0 saturated carbocycles. The molecule has 11 heteroatoms. The largest absolute Gasteiger partial charge is 0.493 e. The molecule has 0 radical (unpaired) electrons. The predicted octanol–water partition coefficient (Wildman–Crippen LogP) is 5.62. The normalized spacial score (nSPS) is 12.1. The van der Waals surface area contributed by atoms with Crippen LogP contribution in [0, 0.1) is 0 Å². The van der Waals surface area contributed by atoms with Crippen molar-refractivity contribution in [1.82, 2.24) is 5.32 Å². The fourth-order valence-electron chi connectivity index (χ4n) is 4.38. The molecule has 230 valence electrons. The van der Waals surface area contributed by atoms with E-state index in [2.05, 4.69) is 16.0 Å². The van der Waals surface area contributed by atoms with Crippen LogP contribution in [-0.4, -0.2) is 50.9 Å². The molecular formula is C34H31N3O7S. The second-order valence-corrected chi connectivity index (χ2v) is 10.7. The van der Waals surface area contributed by atoms with Crippen molar-refractivity contribution in [2.75, 3.05) is 43.8 Å². The Labute approximate surface area is 264 Å². The Kier molecular flexibility index (Phi) is 10.2. The van der Waals surface area contributed by atoms with E-state index in [-0.39, 0.29) is 17.4 Å². The number of nitrogens with one attached hydrogen (secondary N) is 3. The molecule has 5 rings (SSSR count). The summed E-state index contributed by atoms with van der Waals surface area (Å²) in [6, 6.07) is 26.1. The van der Waals surface area contributed by atoms with Crippen molar-refractivity contribution in [2.24, 2.45) is 0 Å². The summed E-state index contributed by atoms with van der Waals surface area (Å²) in [5.74, 6) is 1.21. The highest BCUT2D eigenvalue weighted by atomic mass is 32.2. The number of hydrogen-bond donors (Lipinski definition) is 3. The number of benzene rings is 4. The Morgan fingerprint density at radius 3 is 2.31 bits per heavy atom. The van der Waals surface area contributed by atoms with Gasteiger partial charge in [0.15, 0.2) is 23.0 Å². The van der Waals surface area contributed by atoms with Gasteiger partial charge in [0.05, 0.1) is 20.0 Å². The number of ether oxygens (including phenoxy) is 4. The van der Waals surface area contributed by atoms with Gasteiger partial charge in [0, 0.05) is 27.9 Å². The highest BCUT2D eigenvalue weighted by Crippen LogP contribution is 2.33. The zero-order valence-corrected chi connectivity index (χ0v) is 25.4. The molecule has 45 heavy (non-hydrogen) atoms. The maximum atomic E-state index is 13.5. The number of rotatable bonds is 11. The molecule has 4 aromatic rings. The maximum absolute atomic E-state index is 13.5. The van der Waals surface area contributed by atoms with Gasteiger partial charge < -0.3 is 34.9 Å². The average Bonchev–Trinajstić information content (AvgIpc) is 3.07. The summed E-state index contributed by atoms with van der Waals surface area (Å²) >= 11 is 1.31. The van der Waals surface area contributed by atoms with Crippen molar-refractivity contribution in [3.63, 3.8) is 0 Å². The summed E-state index contributed by atoms with van der Waals surface area (Å²) in [5, 5.41) is 8.44. The van der Waals surface area contributed by atoms with E-state index in [9.17, 15) is 14.4 Å². The lowest BCUT2D eigenvalue weighted by Gasteiger charge is -2.19. The molecule has 3 N–H and O–H groups in total. The van der Waals surface area contributed by atoms with Gasteiger partial charge in [-0.2, -0.15) is 0 Å². The summed E-state index contributed by atoms with van der Waals surface area (Å²) in [6.45, 7) is 0.951. The number of carbonyl (C=O) groups excluding carboxylic acids is 3. The molecule has 0 fully saturated rings. The lowest BCUT2D eigenvalue weighted by molar-refractivity contribution is -0.114. The van der Waals surface area contributed by atoms with Crippen molar-refractivity contribution >= 4 is 46.9 Å². The molecule has 0 atom stereocenters.